The number of aromatic nitrogens is 2. The summed E-state index contributed by atoms with van der Waals surface area (Å²) in [5.41, 5.74) is 1.99. The Balaban J connectivity index is 1.22. The first-order valence-corrected chi connectivity index (χ1v) is 10.6. The summed E-state index contributed by atoms with van der Waals surface area (Å²) in [6.07, 6.45) is 15.4. The van der Waals surface area contributed by atoms with Gasteiger partial charge in [-0.3, -0.25) is 0 Å². The Morgan fingerprint density at radius 3 is 2.32 bits per heavy atom. The molecule has 0 spiro atoms. The summed E-state index contributed by atoms with van der Waals surface area (Å²) in [7, 11) is 0. The Labute approximate surface area is 168 Å². The summed E-state index contributed by atoms with van der Waals surface area (Å²) in [6.45, 7) is 1.68. The van der Waals surface area contributed by atoms with E-state index in [0.717, 1.165) is 55.8 Å². The maximum absolute atomic E-state index is 9.36. The van der Waals surface area contributed by atoms with Crippen LogP contribution in [0, 0.1) is 0 Å². The molecule has 1 saturated heterocycles. The molecular formula is C23H32N2O3. The van der Waals surface area contributed by atoms with Gasteiger partial charge in [0.15, 0.2) is 6.29 Å². The van der Waals surface area contributed by atoms with Crippen LogP contribution in [0.3, 0.4) is 0 Å². The van der Waals surface area contributed by atoms with Crippen LogP contribution in [0.25, 0.3) is 11.1 Å². The van der Waals surface area contributed by atoms with Crippen molar-refractivity contribution in [3.05, 3.63) is 42.5 Å². The first-order valence-electron chi connectivity index (χ1n) is 10.6. The molecule has 3 rings (SSSR count). The van der Waals surface area contributed by atoms with Crippen LogP contribution in [-0.2, 0) is 15.9 Å². The van der Waals surface area contributed by atoms with Crippen molar-refractivity contribution in [2.75, 3.05) is 13.2 Å². The molecule has 152 valence electrons. The molecule has 0 bridgehead atoms. The standard InChI is InChI=1S/C23H32N2O3/c26-21-13-11-19(12-14-21)20-17-24-22(25-18-20)9-5-3-1-2-4-7-15-27-23-10-6-8-16-28-23/h11-14,17-18,23,26H,1-10,15-16H2. The molecule has 2 heterocycles. The van der Waals surface area contributed by atoms with E-state index in [1.54, 1.807) is 12.1 Å². The number of hydrogen-bond acceptors (Lipinski definition) is 5. The highest BCUT2D eigenvalue weighted by Crippen LogP contribution is 2.20. The maximum Gasteiger partial charge on any atom is 0.157 e. The minimum atomic E-state index is 0.0502. The van der Waals surface area contributed by atoms with E-state index in [1.165, 1.54) is 38.5 Å². The number of aromatic hydroxyl groups is 1. The molecule has 5 heteroatoms. The van der Waals surface area contributed by atoms with Crippen molar-refractivity contribution in [2.24, 2.45) is 0 Å². The van der Waals surface area contributed by atoms with Crippen LogP contribution in [0.4, 0.5) is 0 Å². The molecule has 5 nitrogen and oxygen atoms in total. The molecule has 1 aliphatic rings. The molecule has 1 aromatic heterocycles. The van der Waals surface area contributed by atoms with E-state index in [9.17, 15) is 5.11 Å². The average Bonchev–Trinajstić information content (AvgIpc) is 2.74. The lowest BCUT2D eigenvalue weighted by Crippen LogP contribution is -2.22. The van der Waals surface area contributed by atoms with E-state index in [0.29, 0.717) is 0 Å². The number of nitrogens with zero attached hydrogens (tertiary/aromatic N) is 2. The first-order chi connectivity index (χ1) is 13.8. The van der Waals surface area contributed by atoms with Crippen LogP contribution in [0.1, 0.15) is 63.6 Å². The molecule has 0 radical (unpaired) electrons. The zero-order chi connectivity index (χ0) is 19.4. The lowest BCUT2D eigenvalue weighted by atomic mass is 10.1. The van der Waals surface area contributed by atoms with Gasteiger partial charge in [0.1, 0.15) is 11.6 Å². The lowest BCUT2D eigenvalue weighted by Gasteiger charge is -2.22. The Hall–Kier alpha value is -1.98. The van der Waals surface area contributed by atoms with E-state index in [4.69, 9.17) is 9.47 Å². The Bertz CT molecular complexity index is 667. The minimum Gasteiger partial charge on any atom is -0.508 e. The fourth-order valence-corrected chi connectivity index (χ4v) is 3.44. The summed E-state index contributed by atoms with van der Waals surface area (Å²) in [5.74, 6) is 1.18. The molecule has 2 aromatic rings. The molecule has 1 unspecified atom stereocenters. The van der Waals surface area contributed by atoms with Gasteiger partial charge in [-0.2, -0.15) is 0 Å². The van der Waals surface area contributed by atoms with Crippen molar-refractivity contribution in [3.63, 3.8) is 0 Å². The fraction of sp³-hybridized carbons (Fsp3) is 0.565. The highest BCUT2D eigenvalue weighted by molar-refractivity contribution is 5.62. The summed E-state index contributed by atoms with van der Waals surface area (Å²) in [5, 5.41) is 9.36. The normalized spacial score (nSPS) is 16.9. The van der Waals surface area contributed by atoms with Gasteiger partial charge >= 0.3 is 0 Å². The van der Waals surface area contributed by atoms with E-state index < -0.39 is 0 Å². The smallest absolute Gasteiger partial charge is 0.157 e. The summed E-state index contributed by atoms with van der Waals surface area (Å²) in [6, 6.07) is 7.11. The van der Waals surface area contributed by atoms with Crippen LogP contribution in [0.2, 0.25) is 0 Å². The van der Waals surface area contributed by atoms with Gasteiger partial charge in [-0.1, -0.05) is 37.8 Å². The molecule has 28 heavy (non-hydrogen) atoms. The van der Waals surface area contributed by atoms with Gasteiger partial charge in [0.25, 0.3) is 0 Å². The number of aryl methyl sites for hydroxylation is 1. The number of unbranched alkanes of at least 4 members (excludes halogenated alkanes) is 5. The highest BCUT2D eigenvalue weighted by Gasteiger charge is 2.13. The zero-order valence-electron chi connectivity index (χ0n) is 16.7. The second-order valence-corrected chi connectivity index (χ2v) is 7.47. The zero-order valence-corrected chi connectivity index (χ0v) is 16.7. The predicted molar refractivity (Wildman–Crippen MR) is 110 cm³/mol. The third kappa shape index (κ3) is 7.21. The van der Waals surface area contributed by atoms with Crippen molar-refractivity contribution >= 4 is 0 Å². The number of rotatable bonds is 11. The van der Waals surface area contributed by atoms with Crippen molar-refractivity contribution in [1.82, 2.24) is 9.97 Å². The lowest BCUT2D eigenvalue weighted by molar-refractivity contribution is -0.162. The predicted octanol–water partition coefficient (Wildman–Crippen LogP) is 5.28. The molecule has 1 fully saturated rings. The van der Waals surface area contributed by atoms with E-state index >= 15 is 0 Å². The van der Waals surface area contributed by atoms with Gasteiger partial charge in [-0.25, -0.2) is 9.97 Å². The topological polar surface area (TPSA) is 64.5 Å². The van der Waals surface area contributed by atoms with Gasteiger partial charge in [0.05, 0.1) is 0 Å². The molecule has 1 aliphatic heterocycles. The summed E-state index contributed by atoms with van der Waals surface area (Å²) in [4.78, 5) is 8.96. The Kier molecular flexibility index (Phi) is 8.72. The van der Waals surface area contributed by atoms with Crippen LogP contribution < -0.4 is 0 Å². The molecule has 0 saturated carbocycles. The fourth-order valence-electron chi connectivity index (χ4n) is 3.44. The van der Waals surface area contributed by atoms with Crippen LogP contribution in [0.15, 0.2) is 36.7 Å². The van der Waals surface area contributed by atoms with E-state index in [-0.39, 0.29) is 12.0 Å². The summed E-state index contributed by atoms with van der Waals surface area (Å²) >= 11 is 0. The molecule has 1 N–H and O–H groups in total. The Morgan fingerprint density at radius 1 is 0.893 bits per heavy atom. The first kappa shape index (κ1) is 20.7. The van der Waals surface area contributed by atoms with Crippen molar-refractivity contribution in [3.8, 4) is 16.9 Å². The second kappa shape index (κ2) is 11.8. The van der Waals surface area contributed by atoms with Crippen molar-refractivity contribution in [2.45, 2.75) is 70.5 Å². The SMILES string of the molecule is Oc1ccc(-c2cnc(CCCCCCCCOC3CCCCO3)nc2)cc1. The third-order valence-corrected chi connectivity index (χ3v) is 5.14. The van der Waals surface area contributed by atoms with E-state index in [1.807, 2.05) is 24.5 Å². The van der Waals surface area contributed by atoms with Crippen molar-refractivity contribution < 1.29 is 14.6 Å². The number of benzene rings is 1. The summed E-state index contributed by atoms with van der Waals surface area (Å²) < 4.78 is 11.3. The maximum atomic E-state index is 9.36. The minimum absolute atomic E-state index is 0.0502. The van der Waals surface area contributed by atoms with E-state index in [2.05, 4.69) is 9.97 Å². The average molecular weight is 385 g/mol. The van der Waals surface area contributed by atoms with Gasteiger partial charge in [0.2, 0.25) is 0 Å². The number of ether oxygens (including phenoxy) is 2. The number of phenols is 1. The molecule has 1 atom stereocenters. The van der Waals surface area contributed by atoms with Crippen LogP contribution >= 0.6 is 0 Å². The van der Waals surface area contributed by atoms with Crippen LogP contribution in [-0.4, -0.2) is 34.6 Å². The van der Waals surface area contributed by atoms with Gasteiger partial charge in [-0.05, 0) is 49.8 Å². The number of phenolic OH excluding ortho intramolecular Hbond substituents is 1. The second-order valence-electron chi connectivity index (χ2n) is 7.47. The molecule has 0 amide bonds. The highest BCUT2D eigenvalue weighted by atomic mass is 16.7. The molecule has 1 aromatic carbocycles. The van der Waals surface area contributed by atoms with Gasteiger partial charge in [0, 0.05) is 37.6 Å². The van der Waals surface area contributed by atoms with Gasteiger partial charge < -0.3 is 14.6 Å². The monoisotopic (exact) mass is 384 g/mol. The Morgan fingerprint density at radius 2 is 1.61 bits per heavy atom. The molecule has 0 aliphatic carbocycles. The van der Waals surface area contributed by atoms with Gasteiger partial charge in [-0.15, -0.1) is 0 Å². The van der Waals surface area contributed by atoms with Crippen molar-refractivity contribution in [1.29, 1.82) is 0 Å². The van der Waals surface area contributed by atoms with Crippen LogP contribution in [0.5, 0.6) is 5.75 Å². The largest absolute Gasteiger partial charge is 0.508 e. The molecular weight excluding hydrogens is 352 g/mol. The number of hydrogen-bond donors (Lipinski definition) is 1. The third-order valence-electron chi connectivity index (χ3n) is 5.14. The quantitative estimate of drug-likeness (QED) is 0.534.